The molecule has 0 fully saturated rings. The van der Waals surface area contributed by atoms with E-state index in [1.165, 1.54) is 0 Å². The summed E-state index contributed by atoms with van der Waals surface area (Å²) < 4.78 is 0. The molecule has 0 aliphatic carbocycles. The van der Waals surface area contributed by atoms with Crippen molar-refractivity contribution in [3.8, 4) is 0 Å². The minimum Gasteiger partial charge on any atom is -0.392 e. The Morgan fingerprint density at radius 3 is 2.46 bits per heavy atom. The number of aliphatic hydroxyl groups excluding tert-OH is 1. The molecule has 13 heavy (non-hydrogen) atoms. The Morgan fingerprint density at radius 1 is 1.54 bits per heavy atom. The van der Waals surface area contributed by atoms with E-state index < -0.39 is 11.6 Å². The molecule has 1 amide bonds. The molecule has 0 unspecified atom stereocenters. The van der Waals surface area contributed by atoms with Crippen molar-refractivity contribution >= 4 is 5.91 Å². The molecule has 0 aromatic rings. The maximum Gasteiger partial charge on any atom is 0.239 e. The van der Waals surface area contributed by atoms with Gasteiger partial charge in [-0.1, -0.05) is 6.92 Å². The Bertz CT molecular complexity index is 167. The molecule has 0 aromatic carbocycles. The van der Waals surface area contributed by atoms with Gasteiger partial charge in [-0.25, -0.2) is 0 Å². The van der Waals surface area contributed by atoms with Gasteiger partial charge in [-0.2, -0.15) is 0 Å². The molecular weight excluding hydrogens is 168 g/mol. The molecule has 0 aromatic heterocycles. The Labute approximate surface area is 79.7 Å². The zero-order chi connectivity index (χ0) is 10.5. The lowest BCUT2D eigenvalue weighted by atomic mass is 10.0. The van der Waals surface area contributed by atoms with Gasteiger partial charge >= 0.3 is 0 Å². The van der Waals surface area contributed by atoms with Gasteiger partial charge in [0.05, 0.1) is 11.6 Å². The summed E-state index contributed by atoms with van der Waals surface area (Å²) in [5, 5.41) is 14.7. The molecule has 0 bridgehead atoms. The second-order valence-corrected chi connectivity index (χ2v) is 3.71. The first-order valence-corrected chi connectivity index (χ1v) is 4.61. The van der Waals surface area contributed by atoms with Crippen LogP contribution in [0.1, 0.15) is 27.7 Å². The van der Waals surface area contributed by atoms with Crippen LogP contribution in [0, 0.1) is 0 Å². The van der Waals surface area contributed by atoms with Gasteiger partial charge in [-0.3, -0.25) is 4.79 Å². The Hall–Kier alpha value is -0.610. The lowest BCUT2D eigenvalue weighted by Crippen LogP contribution is -2.53. The summed E-state index contributed by atoms with van der Waals surface area (Å²) >= 11 is 0. The third-order valence-electron chi connectivity index (χ3n) is 1.74. The first-order valence-electron chi connectivity index (χ1n) is 4.61. The Balaban J connectivity index is 3.94. The van der Waals surface area contributed by atoms with Gasteiger partial charge in [0.15, 0.2) is 0 Å². The Morgan fingerprint density at radius 2 is 2.08 bits per heavy atom. The second kappa shape index (κ2) is 5.19. The monoisotopic (exact) mass is 188 g/mol. The van der Waals surface area contributed by atoms with E-state index in [-0.39, 0.29) is 5.91 Å². The lowest BCUT2D eigenvalue weighted by molar-refractivity contribution is -0.126. The maximum absolute atomic E-state index is 11.5. The molecule has 0 rings (SSSR count). The van der Waals surface area contributed by atoms with Crippen LogP contribution in [-0.2, 0) is 4.79 Å². The quantitative estimate of drug-likeness (QED) is 0.563. The van der Waals surface area contributed by atoms with Crippen LogP contribution in [0.15, 0.2) is 0 Å². The molecule has 0 aliphatic heterocycles. The summed E-state index contributed by atoms with van der Waals surface area (Å²) in [5.74, 6) is -0.0877. The van der Waals surface area contributed by atoms with Crippen molar-refractivity contribution in [3.05, 3.63) is 0 Å². The van der Waals surface area contributed by atoms with Gasteiger partial charge in [-0.05, 0) is 27.3 Å². The SMILES string of the molecule is CCNC(C)(C)C(=O)NC[C@H](C)O. The number of likely N-dealkylation sites (N-methyl/N-ethyl adjacent to an activating group) is 1. The fourth-order valence-electron chi connectivity index (χ4n) is 0.984. The van der Waals surface area contributed by atoms with Crippen molar-refractivity contribution in [3.63, 3.8) is 0 Å². The van der Waals surface area contributed by atoms with Gasteiger partial charge in [0.1, 0.15) is 0 Å². The number of hydrogen-bond acceptors (Lipinski definition) is 3. The highest BCUT2D eigenvalue weighted by molar-refractivity contribution is 5.85. The van der Waals surface area contributed by atoms with Crippen LogP contribution in [-0.4, -0.2) is 35.7 Å². The fraction of sp³-hybridized carbons (Fsp3) is 0.889. The van der Waals surface area contributed by atoms with E-state index in [1.807, 2.05) is 20.8 Å². The molecule has 78 valence electrons. The highest BCUT2D eigenvalue weighted by Gasteiger charge is 2.25. The zero-order valence-corrected chi connectivity index (χ0v) is 8.85. The number of amides is 1. The number of aliphatic hydroxyl groups is 1. The minimum absolute atomic E-state index is 0.0877. The van der Waals surface area contributed by atoms with Crippen LogP contribution >= 0.6 is 0 Å². The molecule has 0 saturated carbocycles. The molecular formula is C9H20N2O2. The normalized spacial score (nSPS) is 13.9. The van der Waals surface area contributed by atoms with Crippen LogP contribution < -0.4 is 10.6 Å². The average molecular weight is 188 g/mol. The molecule has 0 radical (unpaired) electrons. The highest BCUT2D eigenvalue weighted by atomic mass is 16.3. The second-order valence-electron chi connectivity index (χ2n) is 3.71. The number of rotatable bonds is 5. The van der Waals surface area contributed by atoms with Gasteiger partial charge in [0.2, 0.25) is 5.91 Å². The molecule has 4 heteroatoms. The summed E-state index contributed by atoms with van der Waals surface area (Å²) in [4.78, 5) is 11.5. The third-order valence-corrected chi connectivity index (χ3v) is 1.74. The van der Waals surface area contributed by atoms with Crippen LogP contribution in [0.2, 0.25) is 0 Å². The number of hydrogen-bond donors (Lipinski definition) is 3. The maximum atomic E-state index is 11.5. The summed E-state index contributed by atoms with van der Waals surface area (Å²) in [5.41, 5.74) is -0.566. The zero-order valence-electron chi connectivity index (χ0n) is 8.85. The first kappa shape index (κ1) is 12.4. The van der Waals surface area contributed by atoms with Crippen LogP contribution in [0.3, 0.4) is 0 Å². The number of nitrogens with one attached hydrogen (secondary N) is 2. The van der Waals surface area contributed by atoms with Crippen molar-refractivity contribution in [2.24, 2.45) is 0 Å². The van der Waals surface area contributed by atoms with E-state index in [0.717, 1.165) is 6.54 Å². The molecule has 3 N–H and O–H groups in total. The minimum atomic E-state index is -0.566. The van der Waals surface area contributed by atoms with Crippen molar-refractivity contribution < 1.29 is 9.90 Å². The molecule has 1 atom stereocenters. The van der Waals surface area contributed by atoms with E-state index in [2.05, 4.69) is 10.6 Å². The van der Waals surface area contributed by atoms with Crippen LogP contribution in [0.25, 0.3) is 0 Å². The first-order chi connectivity index (χ1) is 5.90. The van der Waals surface area contributed by atoms with E-state index in [4.69, 9.17) is 5.11 Å². The average Bonchev–Trinajstić information content (AvgIpc) is 1.99. The predicted octanol–water partition coefficient (Wildman–Crippen LogP) is -0.128. The fourth-order valence-corrected chi connectivity index (χ4v) is 0.984. The van der Waals surface area contributed by atoms with Crippen LogP contribution in [0.5, 0.6) is 0 Å². The van der Waals surface area contributed by atoms with Gasteiger partial charge in [0.25, 0.3) is 0 Å². The molecule has 0 saturated heterocycles. The Kier molecular flexibility index (Phi) is 4.95. The summed E-state index contributed by atoms with van der Waals surface area (Å²) in [6.45, 7) is 8.26. The van der Waals surface area contributed by atoms with E-state index in [9.17, 15) is 4.79 Å². The third kappa shape index (κ3) is 4.85. The predicted molar refractivity (Wildman–Crippen MR) is 52.4 cm³/mol. The van der Waals surface area contributed by atoms with E-state index in [0.29, 0.717) is 6.54 Å². The largest absolute Gasteiger partial charge is 0.392 e. The molecule has 0 heterocycles. The van der Waals surface area contributed by atoms with Crippen molar-refractivity contribution in [1.29, 1.82) is 0 Å². The number of carbonyl (C=O) groups is 1. The van der Waals surface area contributed by atoms with Crippen LogP contribution in [0.4, 0.5) is 0 Å². The topological polar surface area (TPSA) is 61.4 Å². The molecule has 0 aliphatic rings. The smallest absolute Gasteiger partial charge is 0.239 e. The van der Waals surface area contributed by atoms with Gasteiger partial charge in [-0.15, -0.1) is 0 Å². The van der Waals surface area contributed by atoms with Gasteiger partial charge < -0.3 is 15.7 Å². The van der Waals surface area contributed by atoms with Gasteiger partial charge in [0, 0.05) is 6.54 Å². The van der Waals surface area contributed by atoms with E-state index >= 15 is 0 Å². The van der Waals surface area contributed by atoms with Crippen molar-refractivity contribution in [2.75, 3.05) is 13.1 Å². The molecule has 0 spiro atoms. The van der Waals surface area contributed by atoms with Crippen molar-refractivity contribution in [2.45, 2.75) is 39.3 Å². The summed E-state index contributed by atoms with van der Waals surface area (Å²) in [6, 6.07) is 0. The highest BCUT2D eigenvalue weighted by Crippen LogP contribution is 2.00. The van der Waals surface area contributed by atoms with E-state index in [1.54, 1.807) is 6.92 Å². The summed E-state index contributed by atoms with van der Waals surface area (Å²) in [6.07, 6.45) is -0.499. The lowest BCUT2D eigenvalue weighted by Gasteiger charge is -2.24. The summed E-state index contributed by atoms with van der Waals surface area (Å²) in [7, 11) is 0. The molecule has 4 nitrogen and oxygen atoms in total. The van der Waals surface area contributed by atoms with Crippen molar-refractivity contribution in [1.82, 2.24) is 10.6 Å². The number of carbonyl (C=O) groups excluding carboxylic acids is 1. The standard InChI is InChI=1S/C9H20N2O2/c1-5-11-9(3,4)8(13)10-6-7(2)12/h7,11-12H,5-6H2,1-4H3,(H,10,13)/t7-/m0/s1.